The maximum atomic E-state index is 13.6. The van der Waals surface area contributed by atoms with Gasteiger partial charge >= 0.3 is 0 Å². The monoisotopic (exact) mass is 330 g/mol. The first-order chi connectivity index (χ1) is 11.0. The van der Waals surface area contributed by atoms with Crippen LogP contribution in [0.3, 0.4) is 0 Å². The van der Waals surface area contributed by atoms with Crippen LogP contribution in [-0.4, -0.2) is 11.1 Å². The van der Waals surface area contributed by atoms with Gasteiger partial charge in [-0.25, -0.2) is 4.39 Å². The standard InChI is InChI=1S/C17H12ClFN2O2/c1-10-5-6-11(7-14(10)19)16-9-15(21-23-16)17(22)20-13-4-2-3-12(18)8-13/h2-9H,1H3,(H,20,22). The summed E-state index contributed by atoms with van der Waals surface area (Å²) in [6, 6.07) is 12.9. The molecule has 0 unspecified atom stereocenters. The smallest absolute Gasteiger partial charge is 0.277 e. The highest BCUT2D eigenvalue weighted by atomic mass is 35.5. The van der Waals surface area contributed by atoms with Gasteiger partial charge in [-0.05, 0) is 36.8 Å². The Hall–Kier alpha value is -2.66. The number of carbonyl (C=O) groups excluding carboxylic acids is 1. The average molecular weight is 331 g/mol. The molecule has 0 saturated heterocycles. The first-order valence-corrected chi connectivity index (χ1v) is 7.21. The van der Waals surface area contributed by atoms with Crippen molar-refractivity contribution in [1.29, 1.82) is 0 Å². The number of aromatic nitrogens is 1. The van der Waals surface area contributed by atoms with Crippen molar-refractivity contribution in [3.8, 4) is 11.3 Å². The fourth-order valence-corrected chi connectivity index (χ4v) is 2.22. The van der Waals surface area contributed by atoms with Gasteiger partial charge in [-0.15, -0.1) is 0 Å². The third kappa shape index (κ3) is 3.40. The van der Waals surface area contributed by atoms with Crippen LogP contribution < -0.4 is 5.32 Å². The van der Waals surface area contributed by atoms with Crippen LogP contribution in [0.1, 0.15) is 16.1 Å². The molecule has 0 fully saturated rings. The van der Waals surface area contributed by atoms with Crippen LogP contribution in [0.4, 0.5) is 10.1 Å². The van der Waals surface area contributed by atoms with Crippen molar-refractivity contribution in [1.82, 2.24) is 5.16 Å². The number of benzene rings is 2. The van der Waals surface area contributed by atoms with Gasteiger partial charge in [-0.1, -0.05) is 35.0 Å². The molecule has 3 aromatic rings. The van der Waals surface area contributed by atoms with Crippen LogP contribution in [0.25, 0.3) is 11.3 Å². The molecule has 116 valence electrons. The lowest BCUT2D eigenvalue weighted by Crippen LogP contribution is -2.11. The van der Waals surface area contributed by atoms with E-state index in [1.165, 1.54) is 12.1 Å². The van der Waals surface area contributed by atoms with E-state index in [9.17, 15) is 9.18 Å². The zero-order valence-electron chi connectivity index (χ0n) is 12.1. The van der Waals surface area contributed by atoms with Crippen LogP contribution in [0.15, 0.2) is 53.1 Å². The molecule has 1 heterocycles. The molecule has 0 atom stereocenters. The highest BCUT2D eigenvalue weighted by molar-refractivity contribution is 6.30. The lowest BCUT2D eigenvalue weighted by atomic mass is 10.1. The first kappa shape index (κ1) is 15.2. The van der Waals surface area contributed by atoms with Gasteiger partial charge in [0.2, 0.25) is 0 Å². The quantitative estimate of drug-likeness (QED) is 0.757. The van der Waals surface area contributed by atoms with Gasteiger partial charge in [-0.2, -0.15) is 0 Å². The van der Waals surface area contributed by atoms with E-state index in [0.717, 1.165) is 0 Å². The Kier molecular flexibility index (Phi) is 4.12. The van der Waals surface area contributed by atoms with Crippen molar-refractivity contribution in [3.63, 3.8) is 0 Å². The fraction of sp³-hybridized carbons (Fsp3) is 0.0588. The molecule has 1 aromatic heterocycles. The molecule has 0 spiro atoms. The van der Waals surface area contributed by atoms with Gasteiger partial charge in [0.1, 0.15) is 5.82 Å². The molecule has 1 amide bonds. The summed E-state index contributed by atoms with van der Waals surface area (Å²) in [5.74, 6) is -0.459. The number of rotatable bonds is 3. The summed E-state index contributed by atoms with van der Waals surface area (Å²) in [5.41, 5.74) is 1.70. The highest BCUT2D eigenvalue weighted by Crippen LogP contribution is 2.23. The van der Waals surface area contributed by atoms with Gasteiger partial charge in [0, 0.05) is 22.3 Å². The Balaban J connectivity index is 1.81. The van der Waals surface area contributed by atoms with E-state index in [1.54, 1.807) is 43.3 Å². The maximum Gasteiger partial charge on any atom is 0.277 e. The summed E-state index contributed by atoms with van der Waals surface area (Å²) in [6.45, 7) is 1.67. The summed E-state index contributed by atoms with van der Waals surface area (Å²) in [7, 11) is 0. The van der Waals surface area contributed by atoms with Gasteiger partial charge in [-0.3, -0.25) is 4.79 Å². The predicted octanol–water partition coefficient (Wildman–Crippen LogP) is 4.69. The lowest BCUT2D eigenvalue weighted by Gasteiger charge is -2.02. The summed E-state index contributed by atoms with van der Waals surface area (Å²) >= 11 is 5.87. The number of halogens is 2. The second kappa shape index (κ2) is 6.22. The van der Waals surface area contributed by atoms with Crippen molar-refractivity contribution >= 4 is 23.2 Å². The molecule has 23 heavy (non-hydrogen) atoms. The van der Waals surface area contributed by atoms with Crippen LogP contribution in [0.2, 0.25) is 5.02 Å². The highest BCUT2D eigenvalue weighted by Gasteiger charge is 2.14. The fourth-order valence-electron chi connectivity index (χ4n) is 2.03. The topological polar surface area (TPSA) is 55.1 Å². The van der Waals surface area contributed by atoms with Crippen LogP contribution in [0, 0.1) is 12.7 Å². The molecule has 2 aromatic carbocycles. The van der Waals surface area contributed by atoms with E-state index in [2.05, 4.69) is 10.5 Å². The molecule has 0 bridgehead atoms. The van der Waals surface area contributed by atoms with E-state index in [1.807, 2.05) is 0 Å². The Morgan fingerprint density at radius 1 is 1.22 bits per heavy atom. The second-order valence-corrected chi connectivity index (χ2v) is 5.44. The summed E-state index contributed by atoms with van der Waals surface area (Å²) in [5, 5.41) is 6.90. The molecule has 0 aliphatic carbocycles. The van der Waals surface area contributed by atoms with Crippen molar-refractivity contribution in [2.75, 3.05) is 5.32 Å². The molecule has 0 aliphatic rings. The lowest BCUT2D eigenvalue weighted by molar-refractivity contribution is 0.101. The number of anilines is 1. The molecule has 3 rings (SSSR count). The normalized spacial score (nSPS) is 10.6. The number of aryl methyl sites for hydroxylation is 1. The third-order valence-electron chi connectivity index (χ3n) is 3.28. The van der Waals surface area contributed by atoms with Gasteiger partial charge < -0.3 is 9.84 Å². The summed E-state index contributed by atoms with van der Waals surface area (Å²) in [6.07, 6.45) is 0. The van der Waals surface area contributed by atoms with E-state index in [-0.39, 0.29) is 11.5 Å². The van der Waals surface area contributed by atoms with Gasteiger partial charge in [0.05, 0.1) is 0 Å². The van der Waals surface area contributed by atoms with Crippen molar-refractivity contribution in [2.24, 2.45) is 0 Å². The number of hydrogen-bond donors (Lipinski definition) is 1. The average Bonchev–Trinajstić information content (AvgIpc) is 3.00. The number of amides is 1. The largest absolute Gasteiger partial charge is 0.355 e. The molecular formula is C17H12ClFN2O2. The molecule has 0 aliphatic heterocycles. The van der Waals surface area contributed by atoms with E-state index >= 15 is 0 Å². The Bertz CT molecular complexity index is 877. The summed E-state index contributed by atoms with van der Waals surface area (Å²) in [4.78, 5) is 12.1. The number of carbonyl (C=O) groups is 1. The van der Waals surface area contributed by atoms with Crippen molar-refractivity contribution in [3.05, 3.63) is 70.6 Å². The zero-order valence-corrected chi connectivity index (χ0v) is 12.9. The molecule has 0 saturated carbocycles. The number of hydrogen-bond acceptors (Lipinski definition) is 3. The van der Waals surface area contributed by atoms with E-state index in [0.29, 0.717) is 27.6 Å². The van der Waals surface area contributed by atoms with Gasteiger partial charge in [0.25, 0.3) is 5.91 Å². The minimum atomic E-state index is -0.435. The Morgan fingerprint density at radius 3 is 2.78 bits per heavy atom. The first-order valence-electron chi connectivity index (χ1n) is 6.83. The van der Waals surface area contributed by atoms with Crippen LogP contribution in [-0.2, 0) is 0 Å². The van der Waals surface area contributed by atoms with E-state index in [4.69, 9.17) is 16.1 Å². The molecule has 4 nitrogen and oxygen atoms in total. The van der Waals surface area contributed by atoms with Crippen molar-refractivity contribution in [2.45, 2.75) is 6.92 Å². The SMILES string of the molecule is Cc1ccc(-c2cc(C(=O)Nc3cccc(Cl)c3)no2)cc1F. The molecule has 0 radical (unpaired) electrons. The summed E-state index contributed by atoms with van der Waals surface area (Å²) < 4.78 is 18.7. The minimum Gasteiger partial charge on any atom is -0.355 e. The van der Waals surface area contributed by atoms with E-state index < -0.39 is 5.91 Å². The molecule has 6 heteroatoms. The number of nitrogens with one attached hydrogen (secondary N) is 1. The zero-order chi connectivity index (χ0) is 16.4. The molecular weight excluding hydrogens is 319 g/mol. The molecule has 1 N–H and O–H groups in total. The third-order valence-corrected chi connectivity index (χ3v) is 3.52. The Morgan fingerprint density at radius 2 is 2.04 bits per heavy atom. The van der Waals surface area contributed by atoms with Crippen molar-refractivity contribution < 1.29 is 13.7 Å². The predicted molar refractivity (Wildman–Crippen MR) is 86.0 cm³/mol. The van der Waals surface area contributed by atoms with Crippen LogP contribution >= 0.6 is 11.6 Å². The minimum absolute atomic E-state index is 0.0981. The number of nitrogens with zero attached hydrogens (tertiary/aromatic N) is 1. The van der Waals surface area contributed by atoms with Gasteiger partial charge in [0.15, 0.2) is 11.5 Å². The Labute approximate surface area is 136 Å². The second-order valence-electron chi connectivity index (χ2n) is 5.00. The van der Waals surface area contributed by atoms with Crippen LogP contribution in [0.5, 0.6) is 0 Å². The maximum absolute atomic E-state index is 13.6.